The van der Waals surface area contributed by atoms with Crippen LogP contribution in [0.4, 0.5) is 5.69 Å². The molecular weight excluding hydrogens is 311 g/mol. The SMILES string of the molecule is NCc1cn[nH]c1S(=O)(=O)Nc1cc(Cl)ccc1Cl. The van der Waals surface area contributed by atoms with Crippen LogP contribution in [0.25, 0.3) is 0 Å². The third-order valence-electron chi connectivity index (χ3n) is 2.34. The first-order chi connectivity index (χ1) is 8.94. The molecule has 6 nitrogen and oxygen atoms in total. The second kappa shape index (κ2) is 5.38. The van der Waals surface area contributed by atoms with Gasteiger partial charge in [-0.2, -0.15) is 13.5 Å². The van der Waals surface area contributed by atoms with Crippen LogP contribution < -0.4 is 10.5 Å². The number of anilines is 1. The maximum absolute atomic E-state index is 12.2. The van der Waals surface area contributed by atoms with E-state index >= 15 is 0 Å². The first kappa shape index (κ1) is 14.1. The zero-order valence-electron chi connectivity index (χ0n) is 9.52. The second-order valence-corrected chi connectivity index (χ2v) is 6.12. The van der Waals surface area contributed by atoms with E-state index in [1.54, 1.807) is 6.07 Å². The van der Waals surface area contributed by atoms with Gasteiger partial charge in [0.25, 0.3) is 10.0 Å². The van der Waals surface area contributed by atoms with E-state index in [1.807, 2.05) is 0 Å². The number of hydrogen-bond donors (Lipinski definition) is 3. The molecule has 0 bridgehead atoms. The number of halogens is 2. The number of hydrogen-bond acceptors (Lipinski definition) is 4. The van der Waals surface area contributed by atoms with Crippen LogP contribution in [0, 0.1) is 0 Å². The molecule has 0 atom stereocenters. The van der Waals surface area contributed by atoms with Gasteiger partial charge in [0.15, 0.2) is 5.03 Å². The quantitative estimate of drug-likeness (QED) is 0.801. The van der Waals surface area contributed by atoms with Crippen LogP contribution in [0.15, 0.2) is 29.4 Å². The van der Waals surface area contributed by atoms with E-state index in [0.29, 0.717) is 10.6 Å². The molecule has 9 heteroatoms. The van der Waals surface area contributed by atoms with Crippen molar-refractivity contribution in [3.05, 3.63) is 40.0 Å². The summed E-state index contributed by atoms with van der Waals surface area (Å²) in [6.07, 6.45) is 1.36. The van der Waals surface area contributed by atoms with Crippen LogP contribution in [0.5, 0.6) is 0 Å². The van der Waals surface area contributed by atoms with E-state index in [1.165, 1.54) is 18.3 Å². The minimum Gasteiger partial charge on any atom is -0.326 e. The summed E-state index contributed by atoms with van der Waals surface area (Å²) in [5.74, 6) is 0. The largest absolute Gasteiger partial charge is 0.326 e. The Bertz CT molecular complexity index is 699. The molecule has 0 aliphatic rings. The molecule has 0 fully saturated rings. The summed E-state index contributed by atoms with van der Waals surface area (Å²) in [5.41, 5.74) is 6.01. The molecule has 0 amide bonds. The summed E-state index contributed by atoms with van der Waals surface area (Å²) < 4.78 is 26.7. The van der Waals surface area contributed by atoms with Crippen molar-refractivity contribution in [1.29, 1.82) is 0 Å². The molecule has 0 radical (unpaired) electrons. The van der Waals surface area contributed by atoms with Crippen molar-refractivity contribution < 1.29 is 8.42 Å². The zero-order valence-corrected chi connectivity index (χ0v) is 11.9. The van der Waals surface area contributed by atoms with Crippen molar-refractivity contribution >= 4 is 38.9 Å². The summed E-state index contributed by atoms with van der Waals surface area (Å²) in [7, 11) is -3.84. The maximum atomic E-state index is 12.2. The van der Waals surface area contributed by atoms with E-state index in [0.717, 1.165) is 0 Å². The fraction of sp³-hybridized carbons (Fsp3) is 0.100. The van der Waals surface area contributed by atoms with Gasteiger partial charge < -0.3 is 5.73 Å². The van der Waals surface area contributed by atoms with Crippen LogP contribution in [0.3, 0.4) is 0 Å². The van der Waals surface area contributed by atoms with Crippen molar-refractivity contribution in [1.82, 2.24) is 10.2 Å². The number of aromatic nitrogens is 2. The van der Waals surface area contributed by atoms with Crippen LogP contribution in [0.1, 0.15) is 5.56 Å². The van der Waals surface area contributed by atoms with E-state index in [9.17, 15) is 8.42 Å². The Morgan fingerprint density at radius 3 is 2.79 bits per heavy atom. The number of sulfonamides is 1. The molecule has 0 spiro atoms. The molecule has 2 rings (SSSR count). The van der Waals surface area contributed by atoms with Crippen LogP contribution >= 0.6 is 23.2 Å². The number of H-pyrrole nitrogens is 1. The molecule has 4 N–H and O–H groups in total. The fourth-order valence-corrected chi connectivity index (χ4v) is 3.06. The van der Waals surface area contributed by atoms with Crippen LogP contribution in [-0.4, -0.2) is 18.6 Å². The van der Waals surface area contributed by atoms with Crippen molar-refractivity contribution in [3.63, 3.8) is 0 Å². The number of benzene rings is 1. The lowest BCUT2D eigenvalue weighted by Crippen LogP contribution is -2.16. The molecule has 2 aromatic rings. The van der Waals surface area contributed by atoms with Gasteiger partial charge in [-0.3, -0.25) is 9.82 Å². The highest BCUT2D eigenvalue weighted by atomic mass is 35.5. The van der Waals surface area contributed by atoms with Gasteiger partial charge in [-0.25, -0.2) is 0 Å². The molecule has 0 aliphatic carbocycles. The van der Waals surface area contributed by atoms with Gasteiger partial charge in [-0.1, -0.05) is 23.2 Å². The minimum atomic E-state index is -3.84. The van der Waals surface area contributed by atoms with Crippen LogP contribution in [-0.2, 0) is 16.6 Å². The van der Waals surface area contributed by atoms with Crippen molar-refractivity contribution in [3.8, 4) is 0 Å². The topological polar surface area (TPSA) is 101 Å². The molecule has 1 aromatic heterocycles. The predicted molar refractivity (Wildman–Crippen MR) is 73.7 cm³/mol. The number of nitrogens with one attached hydrogen (secondary N) is 2. The van der Waals surface area contributed by atoms with Crippen molar-refractivity contribution in [2.45, 2.75) is 11.6 Å². The normalized spacial score (nSPS) is 11.5. The Labute approximate surface area is 120 Å². The van der Waals surface area contributed by atoms with Gasteiger partial charge in [0.1, 0.15) is 0 Å². The molecule has 1 aromatic carbocycles. The Morgan fingerprint density at radius 1 is 1.37 bits per heavy atom. The molecule has 102 valence electrons. The highest BCUT2D eigenvalue weighted by Gasteiger charge is 2.21. The highest BCUT2D eigenvalue weighted by molar-refractivity contribution is 7.92. The lowest BCUT2D eigenvalue weighted by Gasteiger charge is -2.09. The first-order valence-corrected chi connectivity index (χ1v) is 7.38. The van der Waals surface area contributed by atoms with Crippen molar-refractivity contribution in [2.24, 2.45) is 5.73 Å². The average molecular weight is 321 g/mol. The van der Waals surface area contributed by atoms with Gasteiger partial charge in [-0.15, -0.1) is 0 Å². The molecule has 0 saturated carbocycles. The summed E-state index contributed by atoms with van der Waals surface area (Å²) >= 11 is 11.7. The van der Waals surface area contributed by atoms with Gasteiger partial charge in [-0.05, 0) is 18.2 Å². The van der Waals surface area contributed by atoms with Gasteiger partial charge in [0.05, 0.1) is 16.9 Å². The third-order valence-corrected chi connectivity index (χ3v) is 4.28. The zero-order chi connectivity index (χ0) is 14.0. The van der Waals surface area contributed by atoms with E-state index in [2.05, 4.69) is 14.9 Å². The standard InChI is InChI=1S/C10H10Cl2N4O2S/c11-7-1-2-8(12)9(3-7)16-19(17,18)10-6(4-13)5-14-15-10/h1-3,5,16H,4,13H2,(H,14,15). The molecular formula is C10H10Cl2N4O2S. The summed E-state index contributed by atoms with van der Waals surface area (Å²) in [6.45, 7) is 0.0516. The Balaban J connectivity index is 2.39. The predicted octanol–water partition coefficient (Wildman–Crippen LogP) is 1.98. The van der Waals surface area contributed by atoms with Gasteiger partial charge in [0, 0.05) is 17.1 Å². The molecule has 0 unspecified atom stereocenters. The Morgan fingerprint density at radius 2 is 2.11 bits per heavy atom. The smallest absolute Gasteiger partial charge is 0.279 e. The van der Waals surface area contributed by atoms with E-state index in [-0.39, 0.29) is 22.3 Å². The number of nitrogens with zero attached hydrogens (tertiary/aromatic N) is 1. The first-order valence-electron chi connectivity index (χ1n) is 5.14. The molecule has 0 aliphatic heterocycles. The fourth-order valence-electron chi connectivity index (χ4n) is 1.45. The molecule has 19 heavy (non-hydrogen) atoms. The van der Waals surface area contributed by atoms with E-state index < -0.39 is 10.0 Å². The summed E-state index contributed by atoms with van der Waals surface area (Å²) in [5, 5.41) is 6.56. The molecule has 0 saturated heterocycles. The highest BCUT2D eigenvalue weighted by Crippen LogP contribution is 2.27. The maximum Gasteiger partial charge on any atom is 0.279 e. The van der Waals surface area contributed by atoms with Crippen molar-refractivity contribution in [2.75, 3.05) is 4.72 Å². The summed E-state index contributed by atoms with van der Waals surface area (Å²) in [6, 6.07) is 4.47. The second-order valence-electron chi connectivity index (χ2n) is 3.66. The summed E-state index contributed by atoms with van der Waals surface area (Å²) in [4.78, 5) is 0. The average Bonchev–Trinajstić information content (AvgIpc) is 2.82. The Kier molecular flexibility index (Phi) is 4.00. The lowest BCUT2D eigenvalue weighted by atomic mass is 10.3. The number of nitrogens with two attached hydrogens (primary N) is 1. The third kappa shape index (κ3) is 3.01. The van der Waals surface area contributed by atoms with Crippen LogP contribution in [0.2, 0.25) is 10.0 Å². The minimum absolute atomic E-state index is 0.0516. The Hall–Kier alpha value is -1.28. The monoisotopic (exact) mass is 320 g/mol. The van der Waals surface area contributed by atoms with Gasteiger partial charge >= 0.3 is 0 Å². The van der Waals surface area contributed by atoms with Gasteiger partial charge in [0.2, 0.25) is 0 Å². The molecule has 1 heterocycles. The number of rotatable bonds is 4. The number of aromatic amines is 1. The lowest BCUT2D eigenvalue weighted by molar-refractivity contribution is 0.596. The van der Waals surface area contributed by atoms with E-state index in [4.69, 9.17) is 28.9 Å².